The minimum atomic E-state index is 0.0992. The van der Waals surface area contributed by atoms with Crippen molar-refractivity contribution < 1.29 is 4.79 Å². The topological polar surface area (TPSA) is 46.1 Å². The quantitative estimate of drug-likeness (QED) is 0.317. The van der Waals surface area contributed by atoms with Gasteiger partial charge < -0.3 is 15.2 Å². The molecule has 1 aromatic heterocycles. The molecule has 4 nitrogen and oxygen atoms in total. The van der Waals surface area contributed by atoms with Crippen LogP contribution >= 0.6 is 0 Å². The summed E-state index contributed by atoms with van der Waals surface area (Å²) in [6.45, 7) is 4.54. The molecule has 4 heteroatoms. The van der Waals surface area contributed by atoms with Crippen LogP contribution in [0.3, 0.4) is 0 Å². The number of anilines is 2. The Hall–Kier alpha value is -3.27. The van der Waals surface area contributed by atoms with Crippen LogP contribution < -0.4 is 10.6 Å². The maximum Gasteiger partial charge on any atom is 0.224 e. The maximum atomic E-state index is 11.9. The maximum absolute atomic E-state index is 11.9. The lowest BCUT2D eigenvalue weighted by atomic mass is 9.84. The molecule has 1 fully saturated rings. The Morgan fingerprint density at radius 2 is 1.89 bits per heavy atom. The predicted molar refractivity (Wildman–Crippen MR) is 152 cm³/mol. The monoisotopic (exact) mass is 481 g/mol. The van der Waals surface area contributed by atoms with E-state index in [0.717, 1.165) is 42.3 Å². The Morgan fingerprint density at radius 3 is 2.69 bits per heavy atom. The molecule has 2 N–H and O–H groups in total. The van der Waals surface area contributed by atoms with Gasteiger partial charge in [0.2, 0.25) is 5.91 Å². The molecular weight excluding hydrogens is 442 g/mol. The lowest BCUT2D eigenvalue weighted by Crippen LogP contribution is -2.20. The highest BCUT2D eigenvalue weighted by atomic mass is 16.1. The van der Waals surface area contributed by atoms with Crippen LogP contribution in [0.4, 0.5) is 11.4 Å². The van der Waals surface area contributed by atoms with Crippen LogP contribution in [0.25, 0.3) is 17.0 Å². The average molecular weight is 482 g/mol. The van der Waals surface area contributed by atoms with Gasteiger partial charge in [-0.2, -0.15) is 0 Å². The van der Waals surface area contributed by atoms with E-state index in [0.29, 0.717) is 12.5 Å². The van der Waals surface area contributed by atoms with Crippen LogP contribution in [0.2, 0.25) is 0 Å². The van der Waals surface area contributed by atoms with Gasteiger partial charge in [-0.1, -0.05) is 57.0 Å². The zero-order valence-corrected chi connectivity index (χ0v) is 21.7. The van der Waals surface area contributed by atoms with E-state index in [-0.39, 0.29) is 5.91 Å². The number of aromatic nitrogens is 1. The summed E-state index contributed by atoms with van der Waals surface area (Å²) in [7, 11) is 0. The molecule has 1 saturated carbocycles. The molecule has 3 aromatic rings. The number of benzene rings is 2. The SMILES string of the molecule is CCC/C=C(/C=C/c1cc2ccccc2n1C1CCC(CC)CC1)Nc1cccc2c1CCC(=O)N2. The number of carbonyl (C=O) groups excluding carboxylic acids is 1. The second-order valence-electron chi connectivity index (χ2n) is 10.4. The molecule has 188 valence electrons. The van der Waals surface area contributed by atoms with E-state index in [1.165, 1.54) is 54.3 Å². The van der Waals surface area contributed by atoms with E-state index in [4.69, 9.17) is 0 Å². The second kappa shape index (κ2) is 11.2. The number of allylic oxidation sites excluding steroid dienone is 2. The number of hydrogen-bond donors (Lipinski definition) is 2. The van der Waals surface area contributed by atoms with Gasteiger partial charge in [0.25, 0.3) is 0 Å². The smallest absolute Gasteiger partial charge is 0.224 e. The summed E-state index contributed by atoms with van der Waals surface area (Å²) < 4.78 is 2.59. The van der Waals surface area contributed by atoms with Gasteiger partial charge in [0.1, 0.15) is 0 Å². The van der Waals surface area contributed by atoms with Crippen molar-refractivity contribution in [3.8, 4) is 0 Å². The Morgan fingerprint density at radius 1 is 1.06 bits per heavy atom. The summed E-state index contributed by atoms with van der Waals surface area (Å²) in [5.74, 6) is 0.985. The predicted octanol–water partition coefficient (Wildman–Crippen LogP) is 8.48. The van der Waals surface area contributed by atoms with Crippen LogP contribution in [-0.2, 0) is 11.2 Å². The molecule has 36 heavy (non-hydrogen) atoms. The van der Waals surface area contributed by atoms with E-state index in [2.05, 4.69) is 83.7 Å². The van der Waals surface area contributed by atoms with Gasteiger partial charge in [0, 0.05) is 46.1 Å². The van der Waals surface area contributed by atoms with Crippen LogP contribution in [-0.4, -0.2) is 10.5 Å². The van der Waals surface area contributed by atoms with Crippen LogP contribution in [0.1, 0.15) is 82.5 Å². The Bertz CT molecular complexity index is 1270. The third kappa shape index (κ3) is 5.28. The van der Waals surface area contributed by atoms with Crippen molar-refractivity contribution in [1.82, 2.24) is 4.57 Å². The molecule has 1 amide bonds. The van der Waals surface area contributed by atoms with E-state index >= 15 is 0 Å². The highest BCUT2D eigenvalue weighted by Gasteiger charge is 2.24. The van der Waals surface area contributed by atoms with Gasteiger partial charge >= 0.3 is 0 Å². The lowest BCUT2D eigenvalue weighted by Gasteiger charge is -2.30. The van der Waals surface area contributed by atoms with Crippen molar-refractivity contribution in [3.05, 3.63) is 77.6 Å². The van der Waals surface area contributed by atoms with Crippen molar-refractivity contribution in [2.24, 2.45) is 5.92 Å². The number of para-hydroxylation sites is 1. The fourth-order valence-corrected chi connectivity index (χ4v) is 5.88. The molecule has 2 heterocycles. The molecule has 2 aliphatic rings. The number of rotatable bonds is 8. The van der Waals surface area contributed by atoms with Crippen molar-refractivity contribution in [2.45, 2.75) is 77.7 Å². The second-order valence-corrected chi connectivity index (χ2v) is 10.4. The normalized spacial score (nSPS) is 20.5. The van der Waals surface area contributed by atoms with Gasteiger partial charge in [-0.15, -0.1) is 0 Å². The molecule has 0 atom stereocenters. The molecule has 0 radical (unpaired) electrons. The Labute approximate surface area is 215 Å². The Kier molecular flexibility index (Phi) is 7.60. The number of nitrogens with zero attached hydrogens (tertiary/aromatic N) is 1. The molecule has 1 aliphatic carbocycles. The first-order valence-corrected chi connectivity index (χ1v) is 13.8. The van der Waals surface area contributed by atoms with Gasteiger partial charge in [0.15, 0.2) is 0 Å². The lowest BCUT2D eigenvalue weighted by molar-refractivity contribution is -0.116. The van der Waals surface area contributed by atoms with Crippen molar-refractivity contribution in [3.63, 3.8) is 0 Å². The number of carbonyl (C=O) groups is 1. The van der Waals surface area contributed by atoms with Gasteiger partial charge in [-0.3, -0.25) is 4.79 Å². The van der Waals surface area contributed by atoms with Gasteiger partial charge in [-0.25, -0.2) is 0 Å². The fourth-order valence-electron chi connectivity index (χ4n) is 5.88. The molecular formula is C32H39N3O. The molecule has 5 rings (SSSR count). The third-order valence-corrected chi connectivity index (χ3v) is 7.95. The average Bonchev–Trinajstić information content (AvgIpc) is 3.28. The first-order valence-electron chi connectivity index (χ1n) is 13.8. The minimum Gasteiger partial charge on any atom is -0.355 e. The number of amides is 1. The summed E-state index contributed by atoms with van der Waals surface area (Å²) in [6.07, 6.45) is 16.7. The molecule has 1 aliphatic heterocycles. The highest BCUT2D eigenvalue weighted by Crippen LogP contribution is 2.38. The first kappa shape index (κ1) is 24.4. The van der Waals surface area contributed by atoms with Crippen molar-refractivity contribution in [1.29, 1.82) is 0 Å². The highest BCUT2D eigenvalue weighted by molar-refractivity contribution is 5.95. The van der Waals surface area contributed by atoms with E-state index in [1.807, 2.05) is 12.1 Å². The van der Waals surface area contributed by atoms with Crippen LogP contribution in [0, 0.1) is 5.92 Å². The first-order chi connectivity index (χ1) is 17.7. The van der Waals surface area contributed by atoms with Gasteiger partial charge in [-0.05, 0) is 86.4 Å². The number of unbranched alkanes of at least 4 members (excludes halogenated alkanes) is 1. The van der Waals surface area contributed by atoms with Crippen molar-refractivity contribution >= 4 is 34.3 Å². The number of nitrogens with one attached hydrogen (secondary N) is 2. The fraction of sp³-hybridized carbons (Fsp3) is 0.406. The van der Waals surface area contributed by atoms with Crippen LogP contribution in [0.5, 0.6) is 0 Å². The van der Waals surface area contributed by atoms with Crippen LogP contribution in [0.15, 0.2) is 66.4 Å². The standard InChI is InChI=1S/C32H39N3O/c1-3-5-10-25(33-29-11-8-12-30-28(29)20-21-32(36)34-30)16-19-27-22-24-9-6-7-13-31(24)35(27)26-17-14-23(4-2)15-18-26/h6-13,16,19,22-23,26,33H,3-5,14-15,17-18,20-21H2,1-2H3,(H,34,36)/b19-16+,25-10-. The molecule has 0 unspecified atom stereocenters. The number of fused-ring (bicyclic) bond motifs is 2. The molecule has 0 spiro atoms. The Balaban J connectivity index is 1.45. The molecule has 0 saturated heterocycles. The zero-order valence-electron chi connectivity index (χ0n) is 21.7. The third-order valence-electron chi connectivity index (χ3n) is 7.95. The molecule has 2 aromatic carbocycles. The summed E-state index contributed by atoms with van der Waals surface area (Å²) >= 11 is 0. The summed E-state index contributed by atoms with van der Waals surface area (Å²) in [6, 6.07) is 17.8. The van der Waals surface area contributed by atoms with E-state index in [9.17, 15) is 4.79 Å². The van der Waals surface area contributed by atoms with E-state index < -0.39 is 0 Å². The minimum absolute atomic E-state index is 0.0992. The van der Waals surface area contributed by atoms with Crippen molar-refractivity contribution in [2.75, 3.05) is 10.6 Å². The summed E-state index contributed by atoms with van der Waals surface area (Å²) in [5, 5.41) is 8.02. The number of hydrogen-bond acceptors (Lipinski definition) is 2. The summed E-state index contributed by atoms with van der Waals surface area (Å²) in [4.78, 5) is 11.9. The largest absolute Gasteiger partial charge is 0.355 e. The summed E-state index contributed by atoms with van der Waals surface area (Å²) in [5.41, 5.74) is 6.93. The van der Waals surface area contributed by atoms with E-state index in [1.54, 1.807) is 0 Å². The molecule has 0 bridgehead atoms. The van der Waals surface area contributed by atoms with Gasteiger partial charge in [0.05, 0.1) is 0 Å². The zero-order chi connectivity index (χ0) is 24.9.